The molecule has 0 aliphatic heterocycles. The number of aromatic nitrogens is 1. The smallest absolute Gasteiger partial charge is 0.0541 e. The highest BCUT2D eigenvalue weighted by atomic mass is 79.9. The molecule has 2 aromatic heterocycles. The molecule has 0 fully saturated rings. The van der Waals surface area contributed by atoms with Gasteiger partial charge in [0.2, 0.25) is 0 Å². The molecule has 2 heterocycles. The van der Waals surface area contributed by atoms with Crippen molar-refractivity contribution in [2.45, 2.75) is 0 Å². The molecule has 3 heteroatoms. The Labute approximate surface area is 273 Å². The number of fused-ring (bicyclic) bond motifs is 6. The van der Waals surface area contributed by atoms with E-state index in [2.05, 4.69) is 178 Å². The summed E-state index contributed by atoms with van der Waals surface area (Å²) < 4.78 is 6.13. The number of nitrogens with zero attached hydrogens (tertiary/aromatic N) is 1. The zero-order valence-corrected chi connectivity index (χ0v) is 26.6. The third kappa shape index (κ3) is 4.50. The first kappa shape index (κ1) is 26.4. The van der Waals surface area contributed by atoms with Gasteiger partial charge < -0.3 is 4.57 Å². The van der Waals surface area contributed by atoms with E-state index in [1.807, 2.05) is 11.3 Å². The molecule has 212 valence electrons. The van der Waals surface area contributed by atoms with Gasteiger partial charge >= 0.3 is 0 Å². The second kappa shape index (κ2) is 10.6. The van der Waals surface area contributed by atoms with Crippen LogP contribution in [0.5, 0.6) is 0 Å². The van der Waals surface area contributed by atoms with Crippen molar-refractivity contribution in [3.8, 4) is 39.1 Å². The topological polar surface area (TPSA) is 4.93 Å². The van der Waals surface area contributed by atoms with Crippen molar-refractivity contribution in [2.24, 2.45) is 0 Å². The zero-order chi connectivity index (χ0) is 29.9. The van der Waals surface area contributed by atoms with E-state index >= 15 is 0 Å². The average molecular weight is 657 g/mol. The summed E-state index contributed by atoms with van der Waals surface area (Å²) in [5, 5.41) is 5.15. The van der Waals surface area contributed by atoms with Gasteiger partial charge in [-0.2, -0.15) is 0 Å². The summed E-state index contributed by atoms with van der Waals surface area (Å²) in [6.45, 7) is 0. The van der Waals surface area contributed by atoms with Crippen LogP contribution >= 0.6 is 27.3 Å². The molecule has 9 aromatic rings. The van der Waals surface area contributed by atoms with Gasteiger partial charge in [0.25, 0.3) is 0 Å². The van der Waals surface area contributed by atoms with Crippen molar-refractivity contribution in [3.63, 3.8) is 0 Å². The summed E-state index contributed by atoms with van der Waals surface area (Å²) in [5.41, 5.74) is 10.8. The highest BCUT2D eigenvalue weighted by Crippen LogP contribution is 2.40. The molecule has 0 bridgehead atoms. The fourth-order valence-corrected chi connectivity index (χ4v) is 8.29. The van der Waals surface area contributed by atoms with Crippen molar-refractivity contribution in [2.75, 3.05) is 0 Å². The Bertz CT molecular complexity index is 2560. The minimum atomic E-state index is 1.07. The predicted octanol–water partition coefficient (Wildman–Crippen LogP) is 12.9. The number of hydrogen-bond acceptors (Lipinski definition) is 1. The molecule has 0 spiro atoms. The SMILES string of the molecule is Brc1cc(-c2ccc3sc4ccccc4c3c2)cc(-c2ccc3c(c2)c2ccccc2n3-c2cccc(-c3ccccc3)c2)c1. The van der Waals surface area contributed by atoms with Crippen LogP contribution in [0, 0.1) is 0 Å². The maximum atomic E-state index is 3.84. The first-order valence-corrected chi connectivity index (χ1v) is 16.7. The summed E-state index contributed by atoms with van der Waals surface area (Å²) >= 11 is 5.70. The fourth-order valence-electron chi connectivity index (χ4n) is 6.71. The van der Waals surface area contributed by atoms with Gasteiger partial charge in [0.15, 0.2) is 0 Å². The van der Waals surface area contributed by atoms with E-state index in [-0.39, 0.29) is 0 Å². The number of rotatable bonds is 4. The van der Waals surface area contributed by atoms with Gasteiger partial charge in [-0.05, 0) is 100 Å². The summed E-state index contributed by atoms with van der Waals surface area (Å²) in [6.07, 6.45) is 0. The molecule has 0 amide bonds. The Morgan fingerprint density at radius 1 is 0.378 bits per heavy atom. The van der Waals surface area contributed by atoms with Crippen molar-refractivity contribution in [1.29, 1.82) is 0 Å². The largest absolute Gasteiger partial charge is 0.309 e. The molecule has 0 N–H and O–H groups in total. The minimum absolute atomic E-state index is 1.07. The van der Waals surface area contributed by atoms with Crippen molar-refractivity contribution < 1.29 is 0 Å². The first-order valence-electron chi connectivity index (χ1n) is 15.1. The molecule has 0 atom stereocenters. The third-order valence-electron chi connectivity index (χ3n) is 8.83. The third-order valence-corrected chi connectivity index (χ3v) is 10.4. The second-order valence-corrected chi connectivity index (χ2v) is 13.5. The van der Waals surface area contributed by atoms with Crippen LogP contribution in [-0.4, -0.2) is 4.57 Å². The molecule has 0 aliphatic rings. The molecular weight excluding hydrogens is 630 g/mol. The van der Waals surface area contributed by atoms with Gasteiger partial charge in [-0.1, -0.05) is 107 Å². The van der Waals surface area contributed by atoms with E-state index in [0.29, 0.717) is 0 Å². The Morgan fingerprint density at radius 3 is 1.84 bits per heavy atom. The van der Waals surface area contributed by atoms with Crippen molar-refractivity contribution >= 4 is 69.2 Å². The molecule has 45 heavy (non-hydrogen) atoms. The Balaban J connectivity index is 1.18. The number of thiophene rings is 1. The monoisotopic (exact) mass is 655 g/mol. The van der Waals surface area contributed by atoms with Gasteiger partial charge in [0.1, 0.15) is 0 Å². The van der Waals surface area contributed by atoms with Crippen LogP contribution in [0.4, 0.5) is 0 Å². The number of hydrogen-bond donors (Lipinski definition) is 0. The lowest BCUT2D eigenvalue weighted by Gasteiger charge is -2.11. The van der Waals surface area contributed by atoms with Crippen LogP contribution in [-0.2, 0) is 0 Å². The first-order chi connectivity index (χ1) is 22.2. The van der Waals surface area contributed by atoms with E-state index < -0.39 is 0 Å². The van der Waals surface area contributed by atoms with Crippen LogP contribution in [0.1, 0.15) is 0 Å². The van der Waals surface area contributed by atoms with Crippen LogP contribution in [0.15, 0.2) is 162 Å². The Morgan fingerprint density at radius 2 is 1.00 bits per heavy atom. The van der Waals surface area contributed by atoms with Crippen LogP contribution in [0.3, 0.4) is 0 Å². The number of para-hydroxylation sites is 1. The van der Waals surface area contributed by atoms with E-state index in [1.165, 1.54) is 75.4 Å². The Kier molecular flexibility index (Phi) is 6.22. The molecule has 0 radical (unpaired) electrons. The molecule has 1 nitrogen and oxygen atoms in total. The average Bonchev–Trinajstić information content (AvgIpc) is 3.63. The molecular formula is C42H26BrNS. The highest BCUT2D eigenvalue weighted by molar-refractivity contribution is 9.10. The lowest BCUT2D eigenvalue weighted by atomic mass is 9.97. The standard InChI is InChI=1S/C42H26BrNS/c43-33-22-31(21-32(23-33)30-18-20-42-38(26-30)36-14-5-7-16-41(36)45-42)29-17-19-40-37(25-29)35-13-4-6-15-39(35)44(40)34-12-8-11-28(24-34)27-9-2-1-3-10-27/h1-26H. The summed E-state index contributed by atoms with van der Waals surface area (Å²) in [4.78, 5) is 0. The van der Waals surface area contributed by atoms with E-state index in [1.54, 1.807) is 0 Å². The molecule has 0 saturated carbocycles. The lowest BCUT2D eigenvalue weighted by molar-refractivity contribution is 1.18. The van der Waals surface area contributed by atoms with Crippen molar-refractivity contribution in [3.05, 3.63) is 162 Å². The number of halogens is 1. The maximum Gasteiger partial charge on any atom is 0.0541 e. The van der Waals surface area contributed by atoms with Crippen LogP contribution < -0.4 is 0 Å². The molecule has 0 aliphatic carbocycles. The normalized spacial score (nSPS) is 11.7. The predicted molar refractivity (Wildman–Crippen MR) is 198 cm³/mol. The minimum Gasteiger partial charge on any atom is -0.309 e. The van der Waals surface area contributed by atoms with Gasteiger partial charge in [-0.15, -0.1) is 11.3 Å². The van der Waals surface area contributed by atoms with E-state index in [4.69, 9.17) is 0 Å². The summed E-state index contributed by atoms with van der Waals surface area (Å²) in [7, 11) is 0. The van der Waals surface area contributed by atoms with Gasteiger partial charge in [0.05, 0.1) is 11.0 Å². The fraction of sp³-hybridized carbons (Fsp3) is 0. The number of benzene rings is 7. The van der Waals surface area contributed by atoms with Crippen LogP contribution in [0.2, 0.25) is 0 Å². The van der Waals surface area contributed by atoms with E-state index in [9.17, 15) is 0 Å². The van der Waals surface area contributed by atoms with E-state index in [0.717, 1.165) is 10.2 Å². The Hall–Kier alpha value is -4.96. The van der Waals surface area contributed by atoms with Crippen LogP contribution in [0.25, 0.3) is 81.0 Å². The molecule has 7 aromatic carbocycles. The summed E-state index contributed by atoms with van der Waals surface area (Å²) in [6, 6.07) is 57.4. The second-order valence-electron chi connectivity index (χ2n) is 11.5. The highest BCUT2D eigenvalue weighted by Gasteiger charge is 2.15. The zero-order valence-electron chi connectivity index (χ0n) is 24.2. The molecule has 0 saturated heterocycles. The molecule has 9 rings (SSSR count). The summed E-state index contributed by atoms with van der Waals surface area (Å²) in [5.74, 6) is 0. The van der Waals surface area contributed by atoms with Gasteiger partial charge in [0, 0.05) is 41.1 Å². The lowest BCUT2D eigenvalue weighted by Crippen LogP contribution is -1.94. The van der Waals surface area contributed by atoms with Gasteiger partial charge in [-0.25, -0.2) is 0 Å². The quantitative estimate of drug-likeness (QED) is 0.178. The maximum absolute atomic E-state index is 3.84. The molecule has 0 unspecified atom stereocenters. The van der Waals surface area contributed by atoms with Gasteiger partial charge in [-0.3, -0.25) is 0 Å². The van der Waals surface area contributed by atoms with Crippen molar-refractivity contribution in [1.82, 2.24) is 4.57 Å².